The van der Waals surface area contributed by atoms with E-state index in [-0.39, 0.29) is 17.9 Å². The highest BCUT2D eigenvalue weighted by Gasteiger charge is 2.19. The third-order valence-corrected chi connectivity index (χ3v) is 2.02. The van der Waals surface area contributed by atoms with Gasteiger partial charge in [0.05, 0.1) is 24.1 Å². The van der Waals surface area contributed by atoms with E-state index in [1.54, 1.807) is 25.5 Å². The lowest BCUT2D eigenvalue weighted by atomic mass is 10.2. The predicted molar refractivity (Wildman–Crippen MR) is 67.8 cm³/mol. The van der Waals surface area contributed by atoms with Crippen molar-refractivity contribution in [2.75, 3.05) is 6.61 Å². The Morgan fingerprint density at radius 2 is 1.89 bits per heavy atom. The minimum absolute atomic E-state index is 0.0145. The molecule has 6 heteroatoms. The minimum Gasteiger partial charge on any atom is -0.473 e. The molecule has 0 amide bonds. The van der Waals surface area contributed by atoms with Crippen molar-refractivity contribution in [1.29, 1.82) is 0 Å². The summed E-state index contributed by atoms with van der Waals surface area (Å²) in [5.74, 6) is -0.667. The van der Waals surface area contributed by atoms with Crippen molar-refractivity contribution >= 4 is 11.7 Å². The maximum Gasteiger partial charge on any atom is 0.345 e. The molecule has 2 rings (SSSR count). The van der Waals surface area contributed by atoms with Crippen LogP contribution in [0.4, 0.5) is 5.69 Å². The van der Waals surface area contributed by atoms with Crippen molar-refractivity contribution < 1.29 is 18.9 Å². The zero-order valence-electron chi connectivity index (χ0n) is 10.3. The maximum absolute atomic E-state index is 11.2. The first-order chi connectivity index (χ1) is 9.16. The molecule has 0 saturated carbocycles. The predicted octanol–water partition coefficient (Wildman–Crippen LogP) is 3.05. The molecule has 2 aromatic rings. The number of furan rings is 1. The quantitative estimate of drug-likeness (QED) is 0.483. The molecular weight excluding hydrogens is 250 g/mol. The summed E-state index contributed by atoms with van der Waals surface area (Å²) in [5, 5.41) is 10.5. The summed E-state index contributed by atoms with van der Waals surface area (Å²) >= 11 is 0. The van der Waals surface area contributed by atoms with Gasteiger partial charge in [-0.2, -0.15) is 0 Å². The summed E-state index contributed by atoms with van der Waals surface area (Å²) < 4.78 is 9.26. The molecule has 1 aromatic carbocycles. The number of hydrogen-bond donors (Lipinski definition) is 0. The summed E-state index contributed by atoms with van der Waals surface area (Å²) in [6, 6.07) is 9.36. The highest BCUT2D eigenvalue weighted by molar-refractivity contribution is 5.93. The van der Waals surface area contributed by atoms with E-state index in [1.165, 1.54) is 18.2 Å². The first-order valence-corrected chi connectivity index (χ1v) is 5.54. The summed E-state index contributed by atoms with van der Waals surface area (Å²) in [7, 11) is 0. The first kappa shape index (κ1) is 14.4. The van der Waals surface area contributed by atoms with Crippen LogP contribution in [-0.4, -0.2) is 17.5 Å². The maximum atomic E-state index is 11.2. The molecule has 0 spiro atoms. The number of esters is 1. The highest BCUT2D eigenvalue weighted by Crippen LogP contribution is 2.18. The standard InChI is InChI=1S/C9H9NO4.C4H4O/c1-2-14-9(11)7-5-3-4-6-8(7)10(12)13;1-2-4-5-3-1/h3-6H,2H2,1H3;1-4H. The Bertz CT molecular complexity index is 504. The van der Waals surface area contributed by atoms with Crippen LogP contribution in [0.15, 0.2) is 53.3 Å². The van der Waals surface area contributed by atoms with Gasteiger partial charge in [-0.25, -0.2) is 4.79 Å². The van der Waals surface area contributed by atoms with Crippen LogP contribution in [0.5, 0.6) is 0 Å². The summed E-state index contributed by atoms with van der Waals surface area (Å²) in [5.41, 5.74) is -0.245. The van der Waals surface area contributed by atoms with Crippen LogP contribution in [0, 0.1) is 10.1 Å². The molecule has 0 atom stereocenters. The van der Waals surface area contributed by atoms with E-state index in [0.717, 1.165) is 0 Å². The Morgan fingerprint density at radius 3 is 2.37 bits per heavy atom. The second-order valence-electron chi connectivity index (χ2n) is 3.29. The van der Waals surface area contributed by atoms with Crippen LogP contribution in [0.2, 0.25) is 0 Å². The van der Waals surface area contributed by atoms with Crippen molar-refractivity contribution in [2.45, 2.75) is 6.92 Å². The van der Waals surface area contributed by atoms with Gasteiger partial charge in [0.25, 0.3) is 5.69 Å². The van der Waals surface area contributed by atoms with E-state index in [4.69, 9.17) is 0 Å². The van der Waals surface area contributed by atoms with Crippen LogP contribution in [0.3, 0.4) is 0 Å². The van der Waals surface area contributed by atoms with Gasteiger partial charge in [0.2, 0.25) is 0 Å². The molecule has 0 saturated heterocycles. The van der Waals surface area contributed by atoms with Crippen molar-refractivity contribution in [3.8, 4) is 0 Å². The normalized spacial score (nSPS) is 9.11. The molecule has 0 N–H and O–H groups in total. The minimum atomic E-state index is -0.667. The van der Waals surface area contributed by atoms with Crippen LogP contribution < -0.4 is 0 Å². The van der Waals surface area contributed by atoms with Crippen LogP contribution in [-0.2, 0) is 4.74 Å². The van der Waals surface area contributed by atoms with E-state index in [9.17, 15) is 14.9 Å². The second kappa shape index (κ2) is 7.65. The van der Waals surface area contributed by atoms with E-state index < -0.39 is 10.9 Å². The Hall–Kier alpha value is -2.63. The first-order valence-electron chi connectivity index (χ1n) is 5.54. The van der Waals surface area contributed by atoms with Gasteiger partial charge in [-0.3, -0.25) is 10.1 Å². The Labute approximate surface area is 109 Å². The molecule has 1 aromatic heterocycles. The van der Waals surface area contributed by atoms with Gasteiger partial charge in [0, 0.05) is 6.07 Å². The smallest absolute Gasteiger partial charge is 0.345 e. The fourth-order valence-electron chi connectivity index (χ4n) is 1.24. The molecule has 0 aliphatic carbocycles. The average Bonchev–Trinajstić information content (AvgIpc) is 2.98. The number of nitro groups is 1. The molecule has 6 nitrogen and oxygen atoms in total. The molecule has 0 fully saturated rings. The van der Waals surface area contributed by atoms with Gasteiger partial charge in [-0.15, -0.1) is 0 Å². The van der Waals surface area contributed by atoms with E-state index in [0.29, 0.717) is 0 Å². The number of ether oxygens (including phenoxy) is 1. The molecule has 0 radical (unpaired) electrons. The average molecular weight is 263 g/mol. The largest absolute Gasteiger partial charge is 0.473 e. The van der Waals surface area contributed by atoms with Gasteiger partial charge in [0.1, 0.15) is 5.56 Å². The van der Waals surface area contributed by atoms with Crippen molar-refractivity contribution in [3.63, 3.8) is 0 Å². The third kappa shape index (κ3) is 4.63. The fourth-order valence-corrected chi connectivity index (χ4v) is 1.24. The lowest BCUT2D eigenvalue weighted by molar-refractivity contribution is -0.385. The number of para-hydroxylation sites is 1. The van der Waals surface area contributed by atoms with E-state index in [2.05, 4.69) is 9.15 Å². The van der Waals surface area contributed by atoms with Crippen molar-refractivity contribution in [1.82, 2.24) is 0 Å². The Balaban J connectivity index is 0.000000300. The molecule has 100 valence electrons. The second-order valence-corrected chi connectivity index (χ2v) is 3.29. The number of benzene rings is 1. The summed E-state index contributed by atoms with van der Waals surface area (Å²) in [4.78, 5) is 21.2. The number of nitro benzene ring substituents is 1. The topological polar surface area (TPSA) is 82.6 Å². The Morgan fingerprint density at radius 1 is 1.26 bits per heavy atom. The molecule has 0 unspecified atom stereocenters. The number of carbonyl (C=O) groups is 1. The molecular formula is C13H13NO5. The number of nitrogens with zero attached hydrogens (tertiary/aromatic N) is 1. The molecule has 1 heterocycles. The van der Waals surface area contributed by atoms with Gasteiger partial charge in [0.15, 0.2) is 0 Å². The van der Waals surface area contributed by atoms with Crippen molar-refractivity contribution in [2.24, 2.45) is 0 Å². The number of hydrogen-bond acceptors (Lipinski definition) is 5. The van der Waals surface area contributed by atoms with E-state index >= 15 is 0 Å². The van der Waals surface area contributed by atoms with Gasteiger partial charge < -0.3 is 9.15 Å². The number of rotatable bonds is 3. The van der Waals surface area contributed by atoms with E-state index in [1.807, 2.05) is 12.1 Å². The monoisotopic (exact) mass is 263 g/mol. The van der Waals surface area contributed by atoms with Crippen molar-refractivity contribution in [3.05, 3.63) is 64.6 Å². The van der Waals surface area contributed by atoms with Crippen LogP contribution in [0.25, 0.3) is 0 Å². The van der Waals surface area contributed by atoms with Gasteiger partial charge in [-0.05, 0) is 25.1 Å². The Kier molecular flexibility index (Phi) is 5.81. The third-order valence-electron chi connectivity index (χ3n) is 2.02. The molecule has 0 aliphatic rings. The lowest BCUT2D eigenvalue weighted by Crippen LogP contribution is -2.07. The number of carbonyl (C=O) groups excluding carboxylic acids is 1. The van der Waals surface area contributed by atoms with Gasteiger partial charge >= 0.3 is 5.97 Å². The molecule has 0 bridgehead atoms. The molecule has 19 heavy (non-hydrogen) atoms. The summed E-state index contributed by atoms with van der Waals surface area (Å²) in [6.45, 7) is 1.84. The zero-order chi connectivity index (χ0) is 14.1. The molecule has 0 aliphatic heterocycles. The fraction of sp³-hybridized carbons (Fsp3) is 0.154. The summed E-state index contributed by atoms with van der Waals surface area (Å²) in [6.07, 6.45) is 3.25. The van der Waals surface area contributed by atoms with Crippen LogP contribution in [0.1, 0.15) is 17.3 Å². The lowest BCUT2D eigenvalue weighted by Gasteiger charge is -2.01. The SMILES string of the molecule is CCOC(=O)c1ccccc1[N+](=O)[O-].c1ccoc1. The van der Waals surface area contributed by atoms with Gasteiger partial charge in [-0.1, -0.05) is 12.1 Å². The van der Waals surface area contributed by atoms with Crippen LogP contribution >= 0.6 is 0 Å². The zero-order valence-corrected chi connectivity index (χ0v) is 10.3. The highest BCUT2D eigenvalue weighted by atomic mass is 16.6.